The lowest BCUT2D eigenvalue weighted by Crippen LogP contribution is -2.23. The number of rotatable bonds is 8. The van der Waals surface area contributed by atoms with Crippen LogP contribution in [0, 0.1) is 17.8 Å². The lowest BCUT2D eigenvalue weighted by Gasteiger charge is -2.22. The molecule has 0 atom stereocenters. The average molecular weight is 216 g/mol. The molecule has 0 radical (unpaired) electrons. The number of ether oxygens (including phenoxy) is 2. The van der Waals surface area contributed by atoms with Crippen molar-refractivity contribution in [3.8, 4) is 0 Å². The van der Waals surface area contributed by atoms with Gasteiger partial charge in [0.15, 0.2) is 6.29 Å². The van der Waals surface area contributed by atoms with Gasteiger partial charge < -0.3 is 9.47 Å². The van der Waals surface area contributed by atoms with Gasteiger partial charge in [-0.05, 0) is 17.8 Å². The van der Waals surface area contributed by atoms with Crippen molar-refractivity contribution in [1.29, 1.82) is 0 Å². The summed E-state index contributed by atoms with van der Waals surface area (Å²) in [6.45, 7) is 14.6. The fourth-order valence-electron chi connectivity index (χ4n) is 1.17. The first kappa shape index (κ1) is 14.9. The topological polar surface area (TPSA) is 18.5 Å². The van der Waals surface area contributed by atoms with E-state index in [1.54, 1.807) is 0 Å². The van der Waals surface area contributed by atoms with Crippen LogP contribution >= 0.6 is 0 Å². The first-order valence-corrected chi connectivity index (χ1v) is 6.15. The van der Waals surface area contributed by atoms with Crippen LogP contribution in [0.4, 0.5) is 0 Å². The minimum Gasteiger partial charge on any atom is -0.352 e. The van der Waals surface area contributed by atoms with Crippen LogP contribution in [-0.4, -0.2) is 19.5 Å². The Labute approximate surface area is 95.3 Å². The largest absolute Gasteiger partial charge is 0.352 e. The van der Waals surface area contributed by atoms with E-state index in [0.717, 1.165) is 19.6 Å². The molecular weight excluding hydrogens is 188 g/mol. The van der Waals surface area contributed by atoms with Gasteiger partial charge in [0, 0.05) is 6.42 Å². The summed E-state index contributed by atoms with van der Waals surface area (Å²) in [5.41, 5.74) is 0. The van der Waals surface area contributed by atoms with Crippen molar-refractivity contribution in [1.82, 2.24) is 0 Å². The highest BCUT2D eigenvalue weighted by molar-refractivity contribution is 4.53. The van der Waals surface area contributed by atoms with Crippen molar-refractivity contribution in [2.24, 2.45) is 17.8 Å². The maximum absolute atomic E-state index is 5.74. The Kier molecular flexibility index (Phi) is 8.07. The van der Waals surface area contributed by atoms with Gasteiger partial charge >= 0.3 is 0 Å². The number of hydrogen-bond donors (Lipinski definition) is 0. The zero-order valence-electron chi connectivity index (χ0n) is 11.2. The van der Waals surface area contributed by atoms with E-state index < -0.39 is 0 Å². The van der Waals surface area contributed by atoms with Gasteiger partial charge in [-0.3, -0.25) is 0 Å². The molecule has 0 rings (SSSR count). The van der Waals surface area contributed by atoms with Crippen molar-refractivity contribution in [3.05, 3.63) is 0 Å². The van der Waals surface area contributed by atoms with Crippen LogP contribution in [0.3, 0.4) is 0 Å². The molecule has 0 saturated carbocycles. The van der Waals surface area contributed by atoms with Crippen molar-refractivity contribution in [2.45, 2.75) is 54.3 Å². The normalized spacial score (nSPS) is 12.4. The molecule has 0 N–H and O–H groups in total. The fraction of sp³-hybridized carbons (Fsp3) is 1.00. The smallest absolute Gasteiger partial charge is 0.157 e. The van der Waals surface area contributed by atoms with Gasteiger partial charge in [0.25, 0.3) is 0 Å². The summed E-state index contributed by atoms with van der Waals surface area (Å²) in [6, 6.07) is 0. The highest BCUT2D eigenvalue weighted by Gasteiger charge is 2.13. The second-order valence-electron chi connectivity index (χ2n) is 5.51. The van der Waals surface area contributed by atoms with Gasteiger partial charge in [-0.15, -0.1) is 0 Å². The first-order chi connectivity index (χ1) is 6.91. The summed E-state index contributed by atoms with van der Waals surface area (Å²) in [7, 11) is 0. The lowest BCUT2D eigenvalue weighted by molar-refractivity contribution is -0.161. The minimum atomic E-state index is -0.0187. The van der Waals surface area contributed by atoms with Gasteiger partial charge in [-0.1, -0.05) is 41.5 Å². The standard InChI is InChI=1S/C13H28O2/c1-10(2)7-13(14-8-11(3)4)15-9-12(5)6/h10-13H,7-9H2,1-6H3. The molecule has 2 nitrogen and oxygen atoms in total. The molecule has 15 heavy (non-hydrogen) atoms. The minimum absolute atomic E-state index is 0.0187. The van der Waals surface area contributed by atoms with Crippen LogP contribution in [0.15, 0.2) is 0 Å². The highest BCUT2D eigenvalue weighted by atomic mass is 16.7. The van der Waals surface area contributed by atoms with Crippen LogP contribution < -0.4 is 0 Å². The Bertz CT molecular complexity index is 129. The first-order valence-electron chi connectivity index (χ1n) is 6.15. The van der Waals surface area contributed by atoms with Gasteiger partial charge in [-0.2, -0.15) is 0 Å². The molecule has 0 aliphatic carbocycles. The zero-order chi connectivity index (χ0) is 11.8. The number of hydrogen-bond acceptors (Lipinski definition) is 2. The van der Waals surface area contributed by atoms with E-state index in [1.165, 1.54) is 0 Å². The lowest BCUT2D eigenvalue weighted by atomic mass is 10.1. The Morgan fingerprint density at radius 3 is 1.33 bits per heavy atom. The van der Waals surface area contributed by atoms with Crippen LogP contribution in [0.5, 0.6) is 0 Å². The van der Waals surface area contributed by atoms with Gasteiger partial charge in [-0.25, -0.2) is 0 Å². The molecule has 0 aromatic carbocycles. The summed E-state index contributed by atoms with van der Waals surface area (Å²) in [5, 5.41) is 0. The summed E-state index contributed by atoms with van der Waals surface area (Å²) >= 11 is 0. The van der Waals surface area contributed by atoms with Crippen molar-refractivity contribution in [3.63, 3.8) is 0 Å². The predicted octanol–water partition coefficient (Wildman–Crippen LogP) is 3.70. The van der Waals surface area contributed by atoms with Crippen molar-refractivity contribution in [2.75, 3.05) is 13.2 Å². The molecule has 0 fully saturated rings. The molecule has 0 aromatic heterocycles. The third-order valence-corrected chi connectivity index (χ3v) is 1.89. The van der Waals surface area contributed by atoms with Crippen molar-refractivity contribution < 1.29 is 9.47 Å². The van der Waals surface area contributed by atoms with Gasteiger partial charge in [0.05, 0.1) is 13.2 Å². The summed E-state index contributed by atoms with van der Waals surface area (Å²) < 4.78 is 11.5. The third kappa shape index (κ3) is 10.2. The van der Waals surface area contributed by atoms with Crippen LogP contribution in [0.25, 0.3) is 0 Å². The summed E-state index contributed by atoms with van der Waals surface area (Å²) in [6.07, 6.45) is 0.967. The van der Waals surface area contributed by atoms with E-state index in [2.05, 4.69) is 41.5 Å². The monoisotopic (exact) mass is 216 g/mol. The molecular formula is C13H28O2. The van der Waals surface area contributed by atoms with Crippen LogP contribution in [-0.2, 0) is 9.47 Å². The highest BCUT2D eigenvalue weighted by Crippen LogP contribution is 2.12. The molecule has 0 saturated heterocycles. The SMILES string of the molecule is CC(C)COC(CC(C)C)OCC(C)C. The Morgan fingerprint density at radius 1 is 0.667 bits per heavy atom. The molecule has 2 heteroatoms. The Balaban J connectivity index is 3.84. The van der Waals surface area contributed by atoms with E-state index in [0.29, 0.717) is 17.8 Å². The van der Waals surface area contributed by atoms with Crippen LogP contribution in [0.2, 0.25) is 0 Å². The molecule has 0 spiro atoms. The molecule has 0 aliphatic heterocycles. The molecule has 0 aromatic rings. The molecule has 0 bridgehead atoms. The second-order valence-corrected chi connectivity index (χ2v) is 5.51. The van der Waals surface area contributed by atoms with Crippen molar-refractivity contribution >= 4 is 0 Å². The Hall–Kier alpha value is -0.0800. The third-order valence-electron chi connectivity index (χ3n) is 1.89. The van der Waals surface area contributed by atoms with Crippen LogP contribution in [0.1, 0.15) is 48.0 Å². The molecule has 0 heterocycles. The van der Waals surface area contributed by atoms with Gasteiger partial charge in [0.1, 0.15) is 0 Å². The quantitative estimate of drug-likeness (QED) is 0.576. The predicted molar refractivity (Wildman–Crippen MR) is 64.8 cm³/mol. The molecule has 0 amide bonds. The summed E-state index contributed by atoms with van der Waals surface area (Å²) in [4.78, 5) is 0. The molecule has 0 unspecified atom stereocenters. The molecule has 0 aliphatic rings. The molecule has 92 valence electrons. The maximum atomic E-state index is 5.74. The van der Waals surface area contributed by atoms with E-state index in [-0.39, 0.29) is 6.29 Å². The van der Waals surface area contributed by atoms with E-state index in [9.17, 15) is 0 Å². The fourth-order valence-corrected chi connectivity index (χ4v) is 1.17. The van der Waals surface area contributed by atoms with Gasteiger partial charge in [0.2, 0.25) is 0 Å². The van der Waals surface area contributed by atoms with E-state index in [1.807, 2.05) is 0 Å². The average Bonchev–Trinajstić information content (AvgIpc) is 2.08. The summed E-state index contributed by atoms with van der Waals surface area (Å²) in [5.74, 6) is 1.76. The van der Waals surface area contributed by atoms with E-state index in [4.69, 9.17) is 9.47 Å². The van der Waals surface area contributed by atoms with E-state index >= 15 is 0 Å². The maximum Gasteiger partial charge on any atom is 0.157 e. The second kappa shape index (κ2) is 8.12. The Morgan fingerprint density at radius 2 is 1.07 bits per heavy atom. The zero-order valence-corrected chi connectivity index (χ0v) is 11.2.